The third-order valence-corrected chi connectivity index (χ3v) is 7.39. The van der Waals surface area contributed by atoms with Crippen LogP contribution in [-0.4, -0.2) is 39.1 Å². The fraction of sp³-hybridized carbons (Fsp3) is 0.233. The van der Waals surface area contributed by atoms with Gasteiger partial charge in [-0.25, -0.2) is 4.39 Å². The fourth-order valence-corrected chi connectivity index (χ4v) is 5.59. The molecule has 39 heavy (non-hydrogen) atoms. The number of carbonyl (C=O) groups is 1. The number of methoxy groups -OCH3 is 1. The first kappa shape index (κ1) is 26.4. The van der Waals surface area contributed by atoms with Crippen LogP contribution < -0.4 is 15.4 Å². The minimum absolute atomic E-state index is 0.154. The number of rotatable bonds is 8. The van der Waals surface area contributed by atoms with Crippen molar-refractivity contribution in [3.05, 3.63) is 107 Å². The highest BCUT2D eigenvalue weighted by molar-refractivity contribution is 7.80. The van der Waals surface area contributed by atoms with Gasteiger partial charge in [-0.15, -0.1) is 0 Å². The number of para-hydroxylation sites is 3. The van der Waals surface area contributed by atoms with Crippen LogP contribution >= 0.6 is 12.2 Å². The van der Waals surface area contributed by atoms with Crippen molar-refractivity contribution >= 4 is 28.9 Å². The number of thiocarbonyl (C=S) groups is 1. The van der Waals surface area contributed by atoms with E-state index in [4.69, 9.17) is 17.0 Å². The molecule has 0 bridgehead atoms. The second-order valence-corrected chi connectivity index (χ2v) is 9.82. The molecule has 1 saturated heterocycles. The molecule has 3 heterocycles. The van der Waals surface area contributed by atoms with Gasteiger partial charge >= 0.3 is 0 Å². The van der Waals surface area contributed by atoms with Crippen molar-refractivity contribution in [2.45, 2.75) is 32.4 Å². The summed E-state index contributed by atoms with van der Waals surface area (Å²) < 4.78 is 22.1. The molecular weight excluding hydrogens is 513 g/mol. The number of carbonyl (C=O) groups excluding carboxylic acids is 1. The fourth-order valence-electron chi connectivity index (χ4n) is 5.26. The average Bonchev–Trinajstić information content (AvgIpc) is 3.42. The lowest BCUT2D eigenvalue weighted by Gasteiger charge is -2.28. The predicted molar refractivity (Wildman–Crippen MR) is 154 cm³/mol. The van der Waals surface area contributed by atoms with Crippen LogP contribution in [0, 0.1) is 19.7 Å². The van der Waals surface area contributed by atoms with Crippen molar-refractivity contribution in [3.63, 3.8) is 0 Å². The van der Waals surface area contributed by atoms with E-state index in [-0.39, 0.29) is 30.2 Å². The normalized spacial score (nSPS) is 16.7. The molecule has 0 unspecified atom stereocenters. The lowest BCUT2D eigenvalue weighted by molar-refractivity contribution is -0.116. The minimum Gasteiger partial charge on any atom is -0.495 e. The van der Waals surface area contributed by atoms with Crippen molar-refractivity contribution in [2.24, 2.45) is 0 Å². The first-order valence-electron chi connectivity index (χ1n) is 12.7. The number of nitrogens with zero attached hydrogens (tertiary/aromatic N) is 3. The molecule has 200 valence electrons. The zero-order valence-electron chi connectivity index (χ0n) is 22.0. The Morgan fingerprint density at radius 1 is 1.10 bits per heavy atom. The highest BCUT2D eigenvalue weighted by Gasteiger charge is 2.41. The van der Waals surface area contributed by atoms with Gasteiger partial charge in [-0.2, -0.15) is 0 Å². The van der Waals surface area contributed by atoms with Crippen LogP contribution in [0.5, 0.6) is 5.75 Å². The lowest BCUT2D eigenvalue weighted by atomic mass is 9.96. The van der Waals surface area contributed by atoms with Crippen LogP contribution in [0.25, 0.3) is 5.69 Å². The molecule has 0 aliphatic carbocycles. The SMILES string of the molecule is COc1ccccc1NC(=O)CCN1C(=S)N[C@H](c2ccccn2)[C@H]1c1cc(C)n(-c2ccccc2F)c1C. The summed E-state index contributed by atoms with van der Waals surface area (Å²) in [6, 6.07) is 21.4. The Kier molecular flexibility index (Phi) is 7.60. The third-order valence-electron chi connectivity index (χ3n) is 7.04. The standard InChI is InChI=1S/C30H30FN5O2S/c1-19-18-21(20(2)36(19)25-13-6-4-10-22(25)31)29-28(24-12-8-9-16-32-24)34-30(39)35(29)17-15-27(37)33-23-11-5-7-14-26(23)38-3/h4-14,16,18,28-29H,15,17H2,1-3H3,(H,33,37)(H,34,39)/t28-,29-/m1/s1. The second-order valence-electron chi connectivity index (χ2n) is 9.43. The molecule has 2 atom stereocenters. The molecular formula is C30H30FN5O2S. The number of nitrogens with one attached hydrogen (secondary N) is 2. The quantitative estimate of drug-likeness (QED) is 0.281. The van der Waals surface area contributed by atoms with Crippen LogP contribution in [0.1, 0.15) is 41.1 Å². The Labute approximate surface area is 232 Å². The van der Waals surface area contributed by atoms with Gasteiger partial charge in [0.15, 0.2) is 5.11 Å². The maximum Gasteiger partial charge on any atom is 0.226 e. The average molecular weight is 544 g/mol. The zero-order valence-corrected chi connectivity index (χ0v) is 22.8. The monoisotopic (exact) mass is 543 g/mol. The summed E-state index contributed by atoms with van der Waals surface area (Å²) in [5, 5.41) is 6.90. The first-order chi connectivity index (χ1) is 18.9. The molecule has 1 amide bonds. The molecule has 0 radical (unpaired) electrons. The molecule has 2 N–H and O–H groups in total. The van der Waals surface area contributed by atoms with Crippen molar-refractivity contribution in [1.82, 2.24) is 19.8 Å². The summed E-state index contributed by atoms with van der Waals surface area (Å²) in [6.45, 7) is 4.33. The smallest absolute Gasteiger partial charge is 0.226 e. The van der Waals surface area contributed by atoms with E-state index < -0.39 is 0 Å². The van der Waals surface area contributed by atoms with Gasteiger partial charge in [0, 0.05) is 30.6 Å². The number of halogens is 1. The van der Waals surface area contributed by atoms with Crippen molar-refractivity contribution in [1.29, 1.82) is 0 Å². The maximum atomic E-state index is 14.8. The molecule has 0 saturated carbocycles. The Morgan fingerprint density at radius 3 is 2.59 bits per heavy atom. The largest absolute Gasteiger partial charge is 0.495 e. The van der Waals surface area contributed by atoms with Gasteiger partial charge in [-0.3, -0.25) is 9.78 Å². The van der Waals surface area contributed by atoms with Gasteiger partial charge in [0.2, 0.25) is 5.91 Å². The first-order valence-corrected chi connectivity index (χ1v) is 13.1. The highest BCUT2D eigenvalue weighted by atomic mass is 32.1. The highest BCUT2D eigenvalue weighted by Crippen LogP contribution is 2.41. The van der Waals surface area contributed by atoms with Crippen LogP contribution in [0.3, 0.4) is 0 Å². The van der Waals surface area contributed by atoms with E-state index >= 15 is 0 Å². The molecule has 1 fully saturated rings. The number of hydrogen-bond donors (Lipinski definition) is 2. The summed E-state index contributed by atoms with van der Waals surface area (Å²) in [5.41, 5.74) is 4.73. The van der Waals surface area contributed by atoms with E-state index in [2.05, 4.69) is 21.7 Å². The van der Waals surface area contributed by atoms with Crippen LogP contribution in [-0.2, 0) is 4.79 Å². The molecule has 7 nitrogen and oxygen atoms in total. The van der Waals surface area contributed by atoms with E-state index in [1.54, 1.807) is 37.6 Å². The van der Waals surface area contributed by atoms with E-state index in [1.807, 2.05) is 59.7 Å². The number of anilines is 1. The summed E-state index contributed by atoms with van der Waals surface area (Å²) in [5.74, 6) is 0.147. The van der Waals surface area contributed by atoms with Crippen LogP contribution in [0.2, 0.25) is 0 Å². The van der Waals surface area contributed by atoms with Crippen molar-refractivity contribution in [3.8, 4) is 11.4 Å². The maximum absolute atomic E-state index is 14.8. The molecule has 4 aromatic rings. The van der Waals surface area contributed by atoms with Crippen molar-refractivity contribution < 1.29 is 13.9 Å². The Hall–Kier alpha value is -4.24. The van der Waals surface area contributed by atoms with Gasteiger partial charge < -0.3 is 24.8 Å². The van der Waals surface area contributed by atoms with Crippen molar-refractivity contribution in [2.75, 3.05) is 19.0 Å². The molecule has 9 heteroatoms. The zero-order chi connectivity index (χ0) is 27.5. The number of benzene rings is 2. The summed E-state index contributed by atoms with van der Waals surface area (Å²) in [4.78, 5) is 19.6. The molecule has 2 aromatic heterocycles. The number of ether oxygens (including phenoxy) is 1. The number of hydrogen-bond acceptors (Lipinski definition) is 4. The second kappa shape index (κ2) is 11.2. The number of aromatic nitrogens is 2. The topological polar surface area (TPSA) is 71.4 Å². The number of aryl methyl sites for hydroxylation is 1. The van der Waals surface area contributed by atoms with Gasteiger partial charge in [-0.05, 0) is 74.1 Å². The van der Waals surface area contributed by atoms with E-state index in [0.29, 0.717) is 28.8 Å². The minimum atomic E-state index is -0.294. The predicted octanol–water partition coefficient (Wildman–Crippen LogP) is 5.64. The molecule has 0 spiro atoms. The Balaban J connectivity index is 1.47. The molecule has 2 aromatic carbocycles. The Bertz CT molecular complexity index is 1510. The van der Waals surface area contributed by atoms with Crippen LogP contribution in [0.15, 0.2) is 79.0 Å². The molecule has 1 aliphatic rings. The van der Waals surface area contributed by atoms with Gasteiger partial charge in [0.25, 0.3) is 0 Å². The van der Waals surface area contributed by atoms with Gasteiger partial charge in [-0.1, -0.05) is 30.3 Å². The number of pyridine rings is 1. The van der Waals surface area contributed by atoms with Crippen LogP contribution in [0.4, 0.5) is 10.1 Å². The van der Waals surface area contributed by atoms with E-state index in [9.17, 15) is 9.18 Å². The number of amides is 1. The third kappa shape index (κ3) is 5.22. The summed E-state index contributed by atoms with van der Waals surface area (Å²) >= 11 is 5.78. The van der Waals surface area contributed by atoms with E-state index in [0.717, 1.165) is 22.6 Å². The summed E-state index contributed by atoms with van der Waals surface area (Å²) in [6.07, 6.45) is 1.96. The lowest BCUT2D eigenvalue weighted by Crippen LogP contribution is -2.33. The molecule has 5 rings (SSSR count). The summed E-state index contributed by atoms with van der Waals surface area (Å²) in [7, 11) is 1.57. The van der Waals surface area contributed by atoms with Gasteiger partial charge in [0.05, 0.1) is 36.3 Å². The molecule has 1 aliphatic heterocycles. The van der Waals surface area contributed by atoms with Gasteiger partial charge in [0.1, 0.15) is 11.6 Å². The van der Waals surface area contributed by atoms with E-state index in [1.165, 1.54) is 6.07 Å². The Morgan fingerprint density at radius 2 is 1.85 bits per heavy atom.